The third kappa shape index (κ3) is 3.55. The van der Waals surface area contributed by atoms with Crippen molar-refractivity contribution < 1.29 is 4.79 Å². The highest BCUT2D eigenvalue weighted by Crippen LogP contribution is 2.16. The van der Waals surface area contributed by atoms with E-state index in [2.05, 4.69) is 11.9 Å². The Bertz CT molecular complexity index is 430. The fraction of sp³-hybridized carbons (Fsp3) is 0.533. The Morgan fingerprint density at radius 1 is 1.42 bits per heavy atom. The maximum absolute atomic E-state index is 12.3. The van der Waals surface area contributed by atoms with Crippen molar-refractivity contribution in [3.8, 4) is 0 Å². The van der Waals surface area contributed by atoms with E-state index < -0.39 is 0 Å². The Labute approximate surface area is 115 Å². The SMILES string of the molecule is CN1CCC(CN(C)C(=O)c2ccc(CN)cc2)C1. The summed E-state index contributed by atoms with van der Waals surface area (Å²) in [5, 5.41) is 0. The van der Waals surface area contributed by atoms with Crippen LogP contribution in [0.1, 0.15) is 22.3 Å². The first kappa shape index (κ1) is 14.0. The molecule has 4 nitrogen and oxygen atoms in total. The number of amides is 1. The van der Waals surface area contributed by atoms with Gasteiger partial charge >= 0.3 is 0 Å². The third-order valence-corrected chi connectivity index (χ3v) is 3.80. The standard InChI is InChI=1S/C15H23N3O/c1-17-8-7-13(10-17)11-18(2)15(19)14-5-3-12(9-16)4-6-14/h3-6,13H,7-11,16H2,1-2H3. The fourth-order valence-corrected chi connectivity index (χ4v) is 2.65. The highest BCUT2D eigenvalue weighted by atomic mass is 16.2. The van der Waals surface area contributed by atoms with Crippen LogP contribution >= 0.6 is 0 Å². The van der Waals surface area contributed by atoms with Crippen molar-refractivity contribution in [1.29, 1.82) is 0 Å². The van der Waals surface area contributed by atoms with Gasteiger partial charge in [0, 0.05) is 32.2 Å². The van der Waals surface area contributed by atoms with Crippen molar-refractivity contribution in [3.63, 3.8) is 0 Å². The summed E-state index contributed by atoms with van der Waals surface area (Å²) in [5.74, 6) is 0.695. The van der Waals surface area contributed by atoms with E-state index in [-0.39, 0.29) is 5.91 Å². The van der Waals surface area contributed by atoms with Crippen LogP contribution in [-0.4, -0.2) is 49.4 Å². The van der Waals surface area contributed by atoms with Crippen molar-refractivity contribution in [2.24, 2.45) is 11.7 Å². The van der Waals surface area contributed by atoms with Gasteiger partial charge in [-0.3, -0.25) is 4.79 Å². The minimum atomic E-state index is 0.0955. The number of nitrogens with zero attached hydrogens (tertiary/aromatic N) is 2. The summed E-state index contributed by atoms with van der Waals surface area (Å²) in [6.07, 6.45) is 1.18. The van der Waals surface area contributed by atoms with Crippen LogP contribution in [0.25, 0.3) is 0 Å². The van der Waals surface area contributed by atoms with Crippen molar-refractivity contribution >= 4 is 5.91 Å². The van der Waals surface area contributed by atoms with Crippen LogP contribution in [0.3, 0.4) is 0 Å². The number of hydrogen-bond acceptors (Lipinski definition) is 3. The second-order valence-electron chi connectivity index (χ2n) is 5.50. The van der Waals surface area contributed by atoms with E-state index in [1.54, 1.807) is 0 Å². The number of carbonyl (C=O) groups is 1. The van der Waals surface area contributed by atoms with Gasteiger partial charge in [-0.2, -0.15) is 0 Å². The molecule has 1 aliphatic heterocycles. The van der Waals surface area contributed by atoms with Crippen LogP contribution in [0, 0.1) is 5.92 Å². The van der Waals surface area contributed by atoms with Crippen molar-refractivity contribution in [1.82, 2.24) is 9.80 Å². The van der Waals surface area contributed by atoms with Crippen LogP contribution in [-0.2, 0) is 6.54 Å². The minimum Gasteiger partial charge on any atom is -0.341 e. The maximum Gasteiger partial charge on any atom is 0.253 e. The zero-order valence-corrected chi connectivity index (χ0v) is 11.8. The van der Waals surface area contributed by atoms with Crippen molar-refractivity contribution in [3.05, 3.63) is 35.4 Å². The van der Waals surface area contributed by atoms with Gasteiger partial charge in [-0.05, 0) is 43.6 Å². The number of benzene rings is 1. The van der Waals surface area contributed by atoms with E-state index in [1.807, 2.05) is 36.2 Å². The topological polar surface area (TPSA) is 49.6 Å². The molecular formula is C15H23N3O. The third-order valence-electron chi connectivity index (χ3n) is 3.80. The Hall–Kier alpha value is -1.39. The van der Waals surface area contributed by atoms with Crippen molar-refractivity contribution in [2.75, 3.05) is 33.7 Å². The Morgan fingerprint density at radius 3 is 2.63 bits per heavy atom. The number of likely N-dealkylation sites (tertiary alicyclic amines) is 1. The van der Waals surface area contributed by atoms with Crippen LogP contribution in [0.5, 0.6) is 0 Å². The highest BCUT2D eigenvalue weighted by Gasteiger charge is 2.22. The lowest BCUT2D eigenvalue weighted by molar-refractivity contribution is 0.0774. The van der Waals surface area contributed by atoms with E-state index in [0.717, 1.165) is 30.8 Å². The largest absolute Gasteiger partial charge is 0.341 e. The van der Waals surface area contributed by atoms with Gasteiger partial charge in [0.15, 0.2) is 0 Å². The predicted molar refractivity (Wildman–Crippen MR) is 76.9 cm³/mol. The normalized spacial score (nSPS) is 19.6. The molecule has 0 saturated carbocycles. The molecular weight excluding hydrogens is 238 g/mol. The minimum absolute atomic E-state index is 0.0955. The van der Waals surface area contributed by atoms with Gasteiger partial charge in [-0.15, -0.1) is 0 Å². The summed E-state index contributed by atoms with van der Waals surface area (Å²) >= 11 is 0. The van der Waals surface area contributed by atoms with Crippen LogP contribution in [0.2, 0.25) is 0 Å². The number of rotatable bonds is 4. The Balaban J connectivity index is 1.94. The van der Waals surface area contributed by atoms with E-state index >= 15 is 0 Å². The summed E-state index contributed by atoms with van der Waals surface area (Å²) in [7, 11) is 4.02. The van der Waals surface area contributed by atoms with Gasteiger partial charge < -0.3 is 15.5 Å². The maximum atomic E-state index is 12.3. The number of hydrogen-bond donors (Lipinski definition) is 1. The van der Waals surface area contributed by atoms with Gasteiger partial charge in [-0.1, -0.05) is 12.1 Å². The summed E-state index contributed by atoms with van der Waals surface area (Å²) in [6.45, 7) is 3.57. The van der Waals surface area contributed by atoms with Crippen LogP contribution in [0.4, 0.5) is 0 Å². The van der Waals surface area contributed by atoms with Crippen LogP contribution in [0.15, 0.2) is 24.3 Å². The zero-order valence-electron chi connectivity index (χ0n) is 11.8. The molecule has 19 heavy (non-hydrogen) atoms. The molecule has 1 amide bonds. The second kappa shape index (κ2) is 6.17. The molecule has 1 fully saturated rings. The Morgan fingerprint density at radius 2 is 2.11 bits per heavy atom. The molecule has 2 rings (SSSR count). The van der Waals surface area contributed by atoms with Gasteiger partial charge in [0.25, 0.3) is 5.91 Å². The molecule has 1 saturated heterocycles. The number of nitrogens with two attached hydrogens (primary N) is 1. The Kier molecular flexibility index (Phi) is 4.56. The fourth-order valence-electron chi connectivity index (χ4n) is 2.65. The summed E-state index contributed by atoms with van der Waals surface area (Å²) < 4.78 is 0. The molecule has 1 aromatic rings. The van der Waals surface area contributed by atoms with E-state index in [0.29, 0.717) is 12.5 Å². The van der Waals surface area contributed by atoms with E-state index in [1.165, 1.54) is 6.42 Å². The quantitative estimate of drug-likeness (QED) is 0.885. The first-order valence-corrected chi connectivity index (χ1v) is 6.83. The van der Waals surface area contributed by atoms with Gasteiger partial charge in [0.1, 0.15) is 0 Å². The van der Waals surface area contributed by atoms with Gasteiger partial charge in [0.05, 0.1) is 0 Å². The molecule has 1 atom stereocenters. The zero-order chi connectivity index (χ0) is 13.8. The molecule has 0 spiro atoms. The molecule has 1 unspecified atom stereocenters. The molecule has 4 heteroatoms. The van der Waals surface area contributed by atoms with Crippen molar-refractivity contribution in [2.45, 2.75) is 13.0 Å². The summed E-state index contributed by atoms with van der Waals surface area (Å²) in [6, 6.07) is 7.57. The van der Waals surface area contributed by atoms with Gasteiger partial charge in [-0.25, -0.2) is 0 Å². The monoisotopic (exact) mass is 261 g/mol. The smallest absolute Gasteiger partial charge is 0.253 e. The average Bonchev–Trinajstić information content (AvgIpc) is 2.83. The molecule has 0 aromatic heterocycles. The van der Waals surface area contributed by atoms with Gasteiger partial charge in [0.2, 0.25) is 0 Å². The second-order valence-corrected chi connectivity index (χ2v) is 5.50. The molecule has 0 aliphatic carbocycles. The van der Waals surface area contributed by atoms with E-state index in [4.69, 9.17) is 5.73 Å². The average molecular weight is 261 g/mol. The first-order chi connectivity index (χ1) is 9.10. The number of carbonyl (C=O) groups excluding carboxylic acids is 1. The first-order valence-electron chi connectivity index (χ1n) is 6.83. The lowest BCUT2D eigenvalue weighted by Crippen LogP contribution is -2.32. The molecule has 0 bridgehead atoms. The summed E-state index contributed by atoms with van der Waals surface area (Å²) in [5.41, 5.74) is 7.35. The molecule has 1 heterocycles. The van der Waals surface area contributed by atoms with Crippen LogP contribution < -0.4 is 5.73 Å². The summed E-state index contributed by atoms with van der Waals surface area (Å²) in [4.78, 5) is 16.4. The molecule has 0 radical (unpaired) electrons. The molecule has 104 valence electrons. The predicted octanol–water partition coefficient (Wildman–Crippen LogP) is 1.17. The lowest BCUT2D eigenvalue weighted by Gasteiger charge is -2.21. The molecule has 1 aromatic carbocycles. The lowest BCUT2D eigenvalue weighted by atomic mass is 10.1. The molecule has 2 N–H and O–H groups in total. The highest BCUT2D eigenvalue weighted by molar-refractivity contribution is 5.94. The van der Waals surface area contributed by atoms with E-state index in [9.17, 15) is 4.79 Å². The molecule has 1 aliphatic rings.